The summed E-state index contributed by atoms with van der Waals surface area (Å²) in [5, 5.41) is 0. The Morgan fingerprint density at radius 1 is 1.00 bits per heavy atom. The van der Waals surface area contributed by atoms with E-state index in [1.54, 1.807) is 0 Å². The van der Waals surface area contributed by atoms with E-state index in [0.29, 0.717) is 0 Å². The largest absolute Gasteiger partial charge is 0.331 e. The van der Waals surface area contributed by atoms with Gasteiger partial charge in [-0.05, 0) is 29.8 Å². The second-order valence-electron chi connectivity index (χ2n) is 6.07. The minimum absolute atomic E-state index is 0.197. The summed E-state index contributed by atoms with van der Waals surface area (Å²) in [4.78, 5) is 11.7. The summed E-state index contributed by atoms with van der Waals surface area (Å²) in [6, 6.07) is 14.8. The van der Waals surface area contributed by atoms with E-state index in [1.807, 2.05) is 40.9 Å². The Bertz CT molecular complexity index is 959. The Labute approximate surface area is 140 Å². The fraction of sp³-hybridized carbons (Fsp3) is 0.100. The molecular weight excluding hydrogens is 296 g/mol. The van der Waals surface area contributed by atoms with E-state index in [9.17, 15) is 0 Å². The molecule has 1 aromatic carbocycles. The van der Waals surface area contributed by atoms with E-state index in [4.69, 9.17) is 4.99 Å². The van der Waals surface area contributed by atoms with Crippen molar-refractivity contribution < 1.29 is 0 Å². The molecule has 2 aliphatic rings. The van der Waals surface area contributed by atoms with Crippen molar-refractivity contribution in [1.82, 2.24) is 14.3 Å². The second-order valence-corrected chi connectivity index (χ2v) is 6.07. The number of rotatable bonds is 2. The van der Waals surface area contributed by atoms with Gasteiger partial charge in [0.1, 0.15) is 11.5 Å². The Hall–Kier alpha value is -3.14. The van der Waals surface area contributed by atoms with Crippen LogP contribution in [0.25, 0.3) is 16.9 Å². The van der Waals surface area contributed by atoms with Crippen molar-refractivity contribution in [3.8, 4) is 11.3 Å². The van der Waals surface area contributed by atoms with Crippen molar-refractivity contribution in [2.75, 3.05) is 6.54 Å². The van der Waals surface area contributed by atoms with Crippen LogP contribution in [0.4, 0.5) is 0 Å². The van der Waals surface area contributed by atoms with E-state index < -0.39 is 0 Å². The normalized spacial score (nSPS) is 18.9. The average Bonchev–Trinajstić information content (AvgIpc) is 3.25. The molecule has 0 radical (unpaired) electrons. The number of benzene rings is 1. The summed E-state index contributed by atoms with van der Waals surface area (Å²) in [6.45, 7) is 0.907. The molecule has 0 saturated heterocycles. The van der Waals surface area contributed by atoms with E-state index in [0.717, 1.165) is 29.3 Å². The molecule has 0 fully saturated rings. The number of amidine groups is 1. The minimum atomic E-state index is 0.197. The van der Waals surface area contributed by atoms with Crippen molar-refractivity contribution >= 4 is 11.5 Å². The molecule has 0 spiro atoms. The monoisotopic (exact) mass is 312 g/mol. The van der Waals surface area contributed by atoms with Crippen LogP contribution >= 0.6 is 0 Å². The quantitative estimate of drug-likeness (QED) is 0.720. The van der Waals surface area contributed by atoms with Gasteiger partial charge in [0.25, 0.3) is 0 Å². The Morgan fingerprint density at radius 2 is 1.92 bits per heavy atom. The van der Waals surface area contributed by atoms with E-state index >= 15 is 0 Å². The molecular formula is C20H16N4. The summed E-state index contributed by atoms with van der Waals surface area (Å²) in [6.07, 6.45) is 12.3. The smallest absolute Gasteiger partial charge is 0.137 e. The van der Waals surface area contributed by atoms with E-state index in [2.05, 4.69) is 52.6 Å². The first-order valence-corrected chi connectivity index (χ1v) is 8.10. The Kier molecular flexibility index (Phi) is 2.88. The van der Waals surface area contributed by atoms with E-state index in [-0.39, 0.29) is 6.04 Å². The van der Waals surface area contributed by atoms with Gasteiger partial charge in [0.15, 0.2) is 0 Å². The highest BCUT2D eigenvalue weighted by Crippen LogP contribution is 2.28. The lowest BCUT2D eigenvalue weighted by atomic mass is 10.0. The zero-order valence-electron chi connectivity index (χ0n) is 13.1. The molecule has 4 nitrogen and oxygen atoms in total. The number of fused-ring (bicyclic) bond motifs is 2. The van der Waals surface area contributed by atoms with Crippen molar-refractivity contribution in [2.45, 2.75) is 6.04 Å². The van der Waals surface area contributed by atoms with Gasteiger partial charge in [-0.2, -0.15) is 0 Å². The third-order valence-electron chi connectivity index (χ3n) is 4.53. The molecule has 3 aromatic rings. The first kappa shape index (κ1) is 13.3. The van der Waals surface area contributed by atoms with Crippen molar-refractivity contribution in [3.05, 3.63) is 84.8 Å². The fourth-order valence-corrected chi connectivity index (χ4v) is 3.26. The van der Waals surface area contributed by atoms with Gasteiger partial charge in [-0.3, -0.25) is 4.99 Å². The molecule has 4 heterocycles. The maximum atomic E-state index is 4.80. The van der Waals surface area contributed by atoms with Gasteiger partial charge in [-0.1, -0.05) is 36.4 Å². The minimum Gasteiger partial charge on any atom is -0.331 e. The van der Waals surface area contributed by atoms with Gasteiger partial charge in [0.2, 0.25) is 0 Å². The highest BCUT2D eigenvalue weighted by molar-refractivity contribution is 5.96. The summed E-state index contributed by atoms with van der Waals surface area (Å²) in [5.41, 5.74) is 4.33. The van der Waals surface area contributed by atoms with Crippen LogP contribution in [-0.4, -0.2) is 26.7 Å². The number of pyridine rings is 1. The first-order valence-electron chi connectivity index (χ1n) is 8.10. The SMILES string of the molecule is C1=CC2=NC(c3ccc(-c4cn5ccccc5n4)cc3)CN2C=C1. The first-order chi connectivity index (χ1) is 11.9. The predicted molar refractivity (Wildman–Crippen MR) is 95.8 cm³/mol. The summed E-state index contributed by atoms with van der Waals surface area (Å²) in [7, 11) is 0. The summed E-state index contributed by atoms with van der Waals surface area (Å²) in [5.74, 6) is 1.05. The van der Waals surface area contributed by atoms with Crippen molar-refractivity contribution in [1.29, 1.82) is 0 Å². The standard InChI is InChI=1S/C20H16N4/c1-3-11-23-13-17(21-19(23)5-1)15-7-9-16(10-8-15)18-14-24-12-4-2-6-20(24)22-18/h1-13,18H,14H2. The number of hydrogen-bond acceptors (Lipinski definition) is 3. The number of aromatic nitrogens is 2. The molecule has 1 unspecified atom stereocenters. The van der Waals surface area contributed by atoms with Gasteiger partial charge in [-0.15, -0.1) is 0 Å². The van der Waals surface area contributed by atoms with Crippen LogP contribution in [0, 0.1) is 0 Å². The number of nitrogens with zero attached hydrogens (tertiary/aromatic N) is 4. The molecule has 116 valence electrons. The maximum absolute atomic E-state index is 4.80. The zero-order chi connectivity index (χ0) is 15.9. The van der Waals surface area contributed by atoms with Crippen LogP contribution < -0.4 is 0 Å². The average molecular weight is 312 g/mol. The zero-order valence-corrected chi connectivity index (χ0v) is 13.1. The molecule has 2 aromatic heterocycles. The lowest BCUT2D eigenvalue weighted by molar-refractivity contribution is 0.550. The number of allylic oxidation sites excluding steroid dienone is 2. The predicted octanol–water partition coefficient (Wildman–Crippen LogP) is 3.84. The third kappa shape index (κ3) is 2.15. The molecule has 0 aliphatic carbocycles. The van der Waals surface area contributed by atoms with Crippen LogP contribution in [0.5, 0.6) is 0 Å². The van der Waals surface area contributed by atoms with Gasteiger partial charge in [0.05, 0.1) is 18.3 Å². The molecule has 1 atom stereocenters. The topological polar surface area (TPSA) is 32.9 Å². The fourth-order valence-electron chi connectivity index (χ4n) is 3.26. The molecule has 0 saturated carbocycles. The molecule has 0 bridgehead atoms. The lowest BCUT2D eigenvalue weighted by Gasteiger charge is -2.16. The van der Waals surface area contributed by atoms with Crippen LogP contribution in [0.15, 0.2) is 84.3 Å². The molecule has 2 aliphatic heterocycles. The van der Waals surface area contributed by atoms with Crippen molar-refractivity contribution in [3.63, 3.8) is 0 Å². The molecule has 0 N–H and O–H groups in total. The van der Waals surface area contributed by atoms with Crippen LogP contribution in [0.1, 0.15) is 11.6 Å². The Balaban J connectivity index is 1.44. The number of imidazole rings is 1. The molecule has 5 rings (SSSR count). The number of aliphatic imine (C=N–C) groups is 1. The molecule has 24 heavy (non-hydrogen) atoms. The molecule has 0 amide bonds. The second kappa shape index (κ2) is 5.20. The summed E-state index contributed by atoms with van der Waals surface area (Å²) >= 11 is 0. The van der Waals surface area contributed by atoms with Crippen molar-refractivity contribution in [2.24, 2.45) is 4.99 Å². The van der Waals surface area contributed by atoms with Crippen LogP contribution in [0.2, 0.25) is 0 Å². The maximum Gasteiger partial charge on any atom is 0.137 e. The highest BCUT2D eigenvalue weighted by atomic mass is 15.2. The number of hydrogen-bond donors (Lipinski definition) is 0. The third-order valence-corrected chi connectivity index (χ3v) is 4.53. The van der Waals surface area contributed by atoms with Crippen LogP contribution in [-0.2, 0) is 0 Å². The Morgan fingerprint density at radius 3 is 2.75 bits per heavy atom. The lowest BCUT2D eigenvalue weighted by Crippen LogP contribution is -2.21. The van der Waals surface area contributed by atoms with Gasteiger partial charge >= 0.3 is 0 Å². The van der Waals surface area contributed by atoms with Gasteiger partial charge < -0.3 is 9.30 Å². The van der Waals surface area contributed by atoms with Crippen LogP contribution in [0.3, 0.4) is 0 Å². The van der Waals surface area contributed by atoms with E-state index in [1.165, 1.54) is 5.56 Å². The van der Waals surface area contributed by atoms with Gasteiger partial charge in [0, 0.05) is 24.2 Å². The highest BCUT2D eigenvalue weighted by Gasteiger charge is 2.24. The summed E-state index contributed by atoms with van der Waals surface area (Å²) < 4.78 is 2.04. The van der Waals surface area contributed by atoms with Gasteiger partial charge in [-0.25, -0.2) is 4.98 Å². The molecule has 4 heteroatoms.